The van der Waals surface area contributed by atoms with Crippen molar-refractivity contribution in [3.05, 3.63) is 23.8 Å². The highest BCUT2D eigenvalue weighted by Crippen LogP contribution is 2.28. The fraction of sp³-hybridized carbons (Fsp3) is 0.500. The van der Waals surface area contributed by atoms with Gasteiger partial charge in [0.05, 0.1) is 13.1 Å². The summed E-state index contributed by atoms with van der Waals surface area (Å²) in [4.78, 5) is 13.7. The minimum absolute atomic E-state index is 0.281. The maximum atomic E-state index is 12.2. The van der Waals surface area contributed by atoms with E-state index in [1.54, 1.807) is 18.2 Å². The van der Waals surface area contributed by atoms with E-state index in [9.17, 15) is 4.79 Å². The lowest BCUT2D eigenvalue weighted by Crippen LogP contribution is -2.37. The zero-order valence-electron chi connectivity index (χ0n) is 12.9. The molecule has 0 unspecified atom stereocenters. The largest absolute Gasteiger partial charge is 0.707 e. The van der Waals surface area contributed by atoms with Crippen molar-refractivity contribution in [3.8, 4) is 11.5 Å². The van der Waals surface area contributed by atoms with Gasteiger partial charge in [-0.3, -0.25) is 0 Å². The van der Waals surface area contributed by atoms with Crippen molar-refractivity contribution in [1.82, 2.24) is 4.90 Å². The number of hydrogen-bond acceptors (Lipinski definition) is 6. The predicted molar refractivity (Wildman–Crippen MR) is 79.4 cm³/mol. The van der Waals surface area contributed by atoms with Crippen LogP contribution in [-0.2, 0) is 11.3 Å². The lowest BCUT2D eigenvalue weighted by Gasteiger charge is -2.26. The van der Waals surface area contributed by atoms with Gasteiger partial charge in [0, 0.05) is 5.56 Å². The molecule has 0 saturated carbocycles. The summed E-state index contributed by atoms with van der Waals surface area (Å²) in [6.45, 7) is 6.48. The molecule has 22 heavy (non-hydrogen) atoms. The van der Waals surface area contributed by atoms with Gasteiger partial charge in [0.1, 0.15) is 23.7 Å². The van der Waals surface area contributed by atoms with Crippen molar-refractivity contribution >= 4 is 13.4 Å². The number of hydrogen-bond donors (Lipinski definition) is 2. The molecule has 8 heteroatoms. The Kier molecular flexibility index (Phi) is 4.82. The van der Waals surface area contributed by atoms with Crippen LogP contribution >= 0.6 is 0 Å². The normalized spacial score (nSPS) is 14.5. The van der Waals surface area contributed by atoms with E-state index in [1.807, 2.05) is 20.8 Å². The van der Waals surface area contributed by atoms with Gasteiger partial charge in [-0.2, -0.15) is 0 Å². The Morgan fingerprint density at radius 3 is 2.73 bits per heavy atom. The van der Waals surface area contributed by atoms with Gasteiger partial charge in [-0.05, 0) is 39.0 Å². The Morgan fingerprint density at radius 1 is 1.36 bits per heavy atom. The topological polar surface area (TPSA) is 88.5 Å². The minimum Gasteiger partial charge on any atom is -0.512 e. The van der Waals surface area contributed by atoms with Crippen LogP contribution in [0.5, 0.6) is 11.5 Å². The van der Waals surface area contributed by atoms with Gasteiger partial charge in [0.15, 0.2) is 0 Å². The molecule has 1 aliphatic rings. The van der Waals surface area contributed by atoms with Crippen molar-refractivity contribution in [3.63, 3.8) is 0 Å². The van der Waals surface area contributed by atoms with Crippen LogP contribution in [0.2, 0.25) is 0 Å². The number of fused-ring (bicyclic) bond motifs is 1. The Morgan fingerprint density at radius 2 is 2.09 bits per heavy atom. The first-order valence-corrected chi connectivity index (χ1v) is 7.01. The van der Waals surface area contributed by atoms with Crippen molar-refractivity contribution in [2.75, 3.05) is 13.2 Å². The van der Waals surface area contributed by atoms with Crippen LogP contribution < -0.4 is 9.39 Å². The predicted octanol–water partition coefficient (Wildman–Crippen LogP) is 1.16. The fourth-order valence-electron chi connectivity index (χ4n) is 2.05. The summed E-state index contributed by atoms with van der Waals surface area (Å²) in [5.74, 6) is 0.911. The van der Waals surface area contributed by atoms with Crippen LogP contribution in [0, 0.1) is 0 Å². The molecule has 0 radical (unpaired) electrons. The number of carbonyl (C=O) groups is 1. The standard InChI is InChI=1S/C14H20BNO6/c1-14(2,3)21-13(17)16-6-7-20-12-5-4-11(22-15(18)19)8-10(12)9-16/h4-5,8,18-19H,6-7,9H2,1-3H3. The van der Waals surface area contributed by atoms with E-state index in [4.69, 9.17) is 24.2 Å². The molecule has 1 heterocycles. The highest BCUT2D eigenvalue weighted by molar-refractivity contribution is 6.33. The number of nitrogens with zero attached hydrogens (tertiary/aromatic N) is 1. The highest BCUT2D eigenvalue weighted by Gasteiger charge is 2.25. The molecule has 2 N–H and O–H groups in total. The third-order valence-corrected chi connectivity index (χ3v) is 2.91. The monoisotopic (exact) mass is 309 g/mol. The summed E-state index contributed by atoms with van der Waals surface area (Å²) in [5.41, 5.74) is 0.139. The molecule has 0 aromatic heterocycles. The van der Waals surface area contributed by atoms with Gasteiger partial charge >= 0.3 is 13.4 Å². The molecule has 120 valence electrons. The molecule has 1 amide bonds. The van der Waals surface area contributed by atoms with Crippen molar-refractivity contribution in [2.24, 2.45) is 0 Å². The van der Waals surface area contributed by atoms with E-state index in [2.05, 4.69) is 0 Å². The minimum atomic E-state index is -1.90. The van der Waals surface area contributed by atoms with Crippen LogP contribution in [0.4, 0.5) is 4.79 Å². The highest BCUT2D eigenvalue weighted by atomic mass is 16.6. The molecule has 1 aromatic rings. The zero-order chi connectivity index (χ0) is 16.3. The lowest BCUT2D eigenvalue weighted by molar-refractivity contribution is 0.0225. The zero-order valence-corrected chi connectivity index (χ0v) is 12.9. The smallest absolute Gasteiger partial charge is 0.512 e. The second-order valence-electron chi connectivity index (χ2n) is 5.96. The Balaban J connectivity index is 2.15. The molecule has 2 rings (SSSR count). The van der Waals surface area contributed by atoms with E-state index < -0.39 is 19.0 Å². The second kappa shape index (κ2) is 6.45. The average molecular weight is 309 g/mol. The third-order valence-electron chi connectivity index (χ3n) is 2.91. The number of rotatable bonds is 2. The van der Waals surface area contributed by atoms with Gasteiger partial charge in [0.2, 0.25) is 0 Å². The summed E-state index contributed by atoms with van der Waals surface area (Å²) >= 11 is 0. The van der Waals surface area contributed by atoms with E-state index in [0.29, 0.717) is 31.0 Å². The first kappa shape index (κ1) is 16.4. The quantitative estimate of drug-likeness (QED) is 0.797. The number of amides is 1. The Bertz CT molecular complexity index is 543. The Labute approximate surface area is 129 Å². The molecule has 0 bridgehead atoms. The Hall–Kier alpha value is -1.93. The molecule has 0 spiro atoms. The maximum Gasteiger partial charge on any atom is 0.707 e. The second-order valence-corrected chi connectivity index (χ2v) is 5.96. The van der Waals surface area contributed by atoms with Crippen LogP contribution in [0.1, 0.15) is 26.3 Å². The molecule has 7 nitrogen and oxygen atoms in total. The summed E-state index contributed by atoms with van der Waals surface area (Å²) in [7, 11) is -1.90. The average Bonchev–Trinajstić information content (AvgIpc) is 2.57. The summed E-state index contributed by atoms with van der Waals surface area (Å²) < 4.78 is 15.8. The van der Waals surface area contributed by atoms with E-state index in [1.165, 1.54) is 4.90 Å². The molecular weight excluding hydrogens is 289 g/mol. The van der Waals surface area contributed by atoms with E-state index >= 15 is 0 Å². The molecular formula is C14H20BNO6. The molecule has 0 fully saturated rings. The van der Waals surface area contributed by atoms with Crippen molar-refractivity contribution in [1.29, 1.82) is 0 Å². The SMILES string of the molecule is CC(C)(C)OC(=O)N1CCOc2ccc(OB(O)O)cc2C1. The first-order chi connectivity index (χ1) is 10.2. The van der Waals surface area contributed by atoms with Gasteiger partial charge < -0.3 is 29.1 Å². The van der Waals surface area contributed by atoms with Crippen LogP contribution in [-0.4, -0.2) is 47.1 Å². The van der Waals surface area contributed by atoms with Crippen LogP contribution in [0.25, 0.3) is 0 Å². The van der Waals surface area contributed by atoms with Gasteiger partial charge in [-0.1, -0.05) is 0 Å². The molecule has 1 aromatic carbocycles. The van der Waals surface area contributed by atoms with Gasteiger partial charge in [0.25, 0.3) is 0 Å². The summed E-state index contributed by atoms with van der Waals surface area (Å²) in [5, 5.41) is 17.7. The molecule has 0 saturated heterocycles. The van der Waals surface area contributed by atoms with Crippen LogP contribution in [0.3, 0.4) is 0 Å². The number of benzene rings is 1. The molecule has 0 atom stereocenters. The van der Waals surface area contributed by atoms with Crippen molar-refractivity contribution in [2.45, 2.75) is 32.9 Å². The number of ether oxygens (including phenoxy) is 2. The van der Waals surface area contributed by atoms with E-state index in [0.717, 1.165) is 0 Å². The van der Waals surface area contributed by atoms with Crippen LogP contribution in [0.15, 0.2) is 18.2 Å². The van der Waals surface area contributed by atoms with Crippen molar-refractivity contribution < 1.29 is 29.0 Å². The number of carbonyl (C=O) groups excluding carboxylic acids is 1. The van der Waals surface area contributed by atoms with Gasteiger partial charge in [-0.25, -0.2) is 4.79 Å². The van der Waals surface area contributed by atoms with E-state index in [-0.39, 0.29) is 5.75 Å². The van der Waals surface area contributed by atoms with Gasteiger partial charge in [-0.15, -0.1) is 0 Å². The summed E-state index contributed by atoms with van der Waals surface area (Å²) in [6, 6.07) is 4.85. The fourth-order valence-corrected chi connectivity index (χ4v) is 2.05. The summed E-state index contributed by atoms with van der Waals surface area (Å²) in [6.07, 6.45) is -0.419. The molecule has 0 aliphatic carbocycles. The maximum absolute atomic E-state index is 12.2. The lowest BCUT2D eigenvalue weighted by atomic mass is 10.1. The molecule has 1 aliphatic heterocycles. The first-order valence-electron chi connectivity index (χ1n) is 7.01. The third kappa shape index (κ3) is 4.54.